The van der Waals surface area contributed by atoms with Crippen molar-refractivity contribution in [3.8, 4) is 10.9 Å². The maximum Gasteiger partial charge on any atom is 0.256 e. The van der Waals surface area contributed by atoms with Crippen molar-refractivity contribution in [2.75, 3.05) is 12.4 Å². The molecule has 0 saturated heterocycles. The molecule has 0 fully saturated rings. The van der Waals surface area contributed by atoms with Crippen LogP contribution in [0.2, 0.25) is 0 Å². The van der Waals surface area contributed by atoms with Gasteiger partial charge in [-0.1, -0.05) is 29.0 Å². The number of rotatable bonds is 4. The number of carbonyl (C=O) groups excluding carboxylic acids is 1. The van der Waals surface area contributed by atoms with E-state index in [1.807, 2.05) is 62.4 Å². The number of hydrogen-bond donors (Lipinski definition) is 1. The number of carbonyl (C=O) groups is 1. The molecule has 27 heavy (non-hydrogen) atoms. The molecule has 1 amide bonds. The Hall–Kier alpha value is -3.19. The van der Waals surface area contributed by atoms with Crippen molar-refractivity contribution < 1.29 is 9.53 Å². The van der Waals surface area contributed by atoms with Crippen molar-refractivity contribution in [3.05, 3.63) is 65.4 Å². The molecule has 136 valence electrons. The lowest BCUT2D eigenvalue weighted by atomic mass is 10.1. The molecule has 2 aromatic carbocycles. The van der Waals surface area contributed by atoms with Crippen LogP contribution in [-0.2, 0) is 0 Å². The lowest BCUT2D eigenvalue weighted by Crippen LogP contribution is -2.15. The number of thiazole rings is 1. The molecule has 1 N–H and O–H groups in total. The number of nitrogens with zero attached hydrogens (tertiary/aromatic N) is 3. The van der Waals surface area contributed by atoms with Gasteiger partial charge in [-0.25, -0.2) is 4.98 Å². The second kappa shape index (κ2) is 6.85. The average Bonchev–Trinajstić information content (AvgIpc) is 3.24. The number of anilines is 1. The summed E-state index contributed by atoms with van der Waals surface area (Å²) in [6, 6.07) is 15.0. The summed E-state index contributed by atoms with van der Waals surface area (Å²) in [5.74, 6) is 1.19. The minimum absolute atomic E-state index is 0.182. The molecule has 0 bridgehead atoms. The van der Waals surface area contributed by atoms with E-state index in [1.54, 1.807) is 11.8 Å². The van der Waals surface area contributed by atoms with Gasteiger partial charge in [-0.05, 0) is 44.2 Å². The summed E-state index contributed by atoms with van der Waals surface area (Å²) in [6.45, 7) is 3.87. The highest BCUT2D eigenvalue weighted by molar-refractivity contribution is 7.20. The predicted molar refractivity (Wildman–Crippen MR) is 107 cm³/mol. The minimum atomic E-state index is -0.182. The zero-order valence-electron chi connectivity index (χ0n) is 15.2. The van der Waals surface area contributed by atoms with E-state index in [0.717, 1.165) is 27.2 Å². The fourth-order valence-electron chi connectivity index (χ4n) is 2.74. The standard InChI is InChI=1S/C20H18N4O2S/c1-12-4-6-14(7-5-12)19(25)22-18-10-13(2)23-24(18)20-21-16-9-8-15(26-3)11-17(16)27-20/h4-11H,1-3H3,(H,22,25). The highest BCUT2D eigenvalue weighted by atomic mass is 32.1. The Balaban J connectivity index is 1.68. The maximum atomic E-state index is 12.6. The van der Waals surface area contributed by atoms with Crippen LogP contribution in [0.4, 0.5) is 5.82 Å². The Morgan fingerprint density at radius 2 is 1.89 bits per heavy atom. The van der Waals surface area contributed by atoms with Gasteiger partial charge in [0.2, 0.25) is 5.13 Å². The summed E-state index contributed by atoms with van der Waals surface area (Å²) >= 11 is 1.49. The SMILES string of the molecule is COc1ccc2nc(-n3nc(C)cc3NC(=O)c3ccc(C)cc3)sc2c1. The number of hydrogen-bond acceptors (Lipinski definition) is 5. The molecule has 6 nitrogen and oxygen atoms in total. The Morgan fingerprint density at radius 3 is 2.63 bits per heavy atom. The zero-order chi connectivity index (χ0) is 19.0. The fourth-order valence-corrected chi connectivity index (χ4v) is 3.70. The molecule has 2 aromatic heterocycles. The summed E-state index contributed by atoms with van der Waals surface area (Å²) in [5, 5.41) is 8.12. The Kier molecular flexibility index (Phi) is 4.37. The van der Waals surface area contributed by atoms with E-state index >= 15 is 0 Å². The van der Waals surface area contributed by atoms with Crippen LogP contribution in [0.1, 0.15) is 21.6 Å². The number of aromatic nitrogens is 3. The van der Waals surface area contributed by atoms with Crippen LogP contribution >= 0.6 is 11.3 Å². The summed E-state index contributed by atoms with van der Waals surface area (Å²) in [4.78, 5) is 17.2. The molecular weight excluding hydrogens is 360 g/mol. The van der Waals surface area contributed by atoms with Crippen LogP contribution < -0.4 is 10.1 Å². The highest BCUT2D eigenvalue weighted by Gasteiger charge is 2.15. The highest BCUT2D eigenvalue weighted by Crippen LogP contribution is 2.30. The van der Waals surface area contributed by atoms with Gasteiger partial charge in [0.05, 0.1) is 23.0 Å². The number of ether oxygens (including phenoxy) is 1. The Morgan fingerprint density at radius 1 is 1.11 bits per heavy atom. The summed E-state index contributed by atoms with van der Waals surface area (Å²) in [6.07, 6.45) is 0. The van der Waals surface area contributed by atoms with Gasteiger partial charge < -0.3 is 10.1 Å². The van der Waals surface area contributed by atoms with Crippen molar-refractivity contribution in [2.24, 2.45) is 0 Å². The van der Waals surface area contributed by atoms with Crippen molar-refractivity contribution in [2.45, 2.75) is 13.8 Å². The summed E-state index contributed by atoms with van der Waals surface area (Å²) in [7, 11) is 1.64. The lowest BCUT2D eigenvalue weighted by Gasteiger charge is -2.06. The summed E-state index contributed by atoms with van der Waals surface area (Å²) in [5.41, 5.74) is 3.36. The van der Waals surface area contributed by atoms with Gasteiger partial charge in [0.15, 0.2) is 0 Å². The van der Waals surface area contributed by atoms with E-state index in [1.165, 1.54) is 11.3 Å². The second-order valence-corrected chi connectivity index (χ2v) is 7.24. The van der Waals surface area contributed by atoms with Gasteiger partial charge in [0, 0.05) is 11.6 Å². The molecule has 0 atom stereocenters. The molecule has 2 heterocycles. The largest absolute Gasteiger partial charge is 0.497 e. The van der Waals surface area contributed by atoms with Crippen LogP contribution in [0.25, 0.3) is 15.3 Å². The van der Waals surface area contributed by atoms with Crippen molar-refractivity contribution in [1.82, 2.24) is 14.8 Å². The summed E-state index contributed by atoms with van der Waals surface area (Å²) < 4.78 is 7.93. The monoisotopic (exact) mass is 378 g/mol. The van der Waals surface area contributed by atoms with Gasteiger partial charge in [0.1, 0.15) is 11.6 Å². The van der Waals surface area contributed by atoms with Gasteiger partial charge in [-0.2, -0.15) is 9.78 Å². The quantitative estimate of drug-likeness (QED) is 0.573. The number of fused-ring (bicyclic) bond motifs is 1. The molecule has 0 saturated carbocycles. The fraction of sp³-hybridized carbons (Fsp3) is 0.150. The van der Waals surface area contributed by atoms with Crippen LogP contribution in [0, 0.1) is 13.8 Å². The normalized spacial score (nSPS) is 10.9. The molecule has 0 aliphatic rings. The Bertz CT molecular complexity index is 1130. The first-order chi connectivity index (χ1) is 13.0. The minimum Gasteiger partial charge on any atom is -0.497 e. The molecule has 0 unspecified atom stereocenters. The van der Waals surface area contributed by atoms with Crippen LogP contribution in [0.5, 0.6) is 5.75 Å². The molecule has 7 heteroatoms. The van der Waals surface area contributed by atoms with E-state index in [2.05, 4.69) is 15.4 Å². The smallest absolute Gasteiger partial charge is 0.256 e. The third-order valence-electron chi connectivity index (χ3n) is 4.15. The Labute approximate surface area is 160 Å². The first-order valence-electron chi connectivity index (χ1n) is 8.43. The molecule has 4 rings (SSSR count). The first kappa shape index (κ1) is 17.2. The van der Waals surface area contributed by atoms with E-state index < -0.39 is 0 Å². The van der Waals surface area contributed by atoms with Gasteiger partial charge in [0.25, 0.3) is 5.91 Å². The van der Waals surface area contributed by atoms with Crippen molar-refractivity contribution in [1.29, 1.82) is 0 Å². The van der Waals surface area contributed by atoms with E-state index in [0.29, 0.717) is 16.5 Å². The van der Waals surface area contributed by atoms with E-state index in [-0.39, 0.29) is 5.91 Å². The van der Waals surface area contributed by atoms with E-state index in [9.17, 15) is 4.79 Å². The first-order valence-corrected chi connectivity index (χ1v) is 9.25. The maximum absolute atomic E-state index is 12.6. The van der Waals surface area contributed by atoms with Gasteiger partial charge in [-0.3, -0.25) is 4.79 Å². The number of benzene rings is 2. The molecular formula is C20H18N4O2S. The van der Waals surface area contributed by atoms with Gasteiger partial charge >= 0.3 is 0 Å². The van der Waals surface area contributed by atoms with Crippen LogP contribution in [-0.4, -0.2) is 27.8 Å². The predicted octanol–water partition coefficient (Wildman–Crippen LogP) is 4.36. The molecule has 0 spiro atoms. The molecule has 4 aromatic rings. The number of aryl methyl sites for hydroxylation is 2. The third kappa shape index (κ3) is 3.41. The van der Waals surface area contributed by atoms with Crippen molar-refractivity contribution >= 4 is 33.3 Å². The molecule has 0 aliphatic carbocycles. The lowest BCUT2D eigenvalue weighted by molar-refractivity contribution is 0.102. The molecule has 0 radical (unpaired) electrons. The third-order valence-corrected chi connectivity index (χ3v) is 5.15. The number of nitrogens with one attached hydrogen (secondary N) is 1. The number of amides is 1. The number of methoxy groups -OCH3 is 1. The average molecular weight is 378 g/mol. The van der Waals surface area contributed by atoms with Crippen LogP contribution in [0.15, 0.2) is 48.5 Å². The van der Waals surface area contributed by atoms with Crippen molar-refractivity contribution in [3.63, 3.8) is 0 Å². The van der Waals surface area contributed by atoms with Gasteiger partial charge in [-0.15, -0.1) is 0 Å². The second-order valence-electron chi connectivity index (χ2n) is 6.23. The molecule has 0 aliphatic heterocycles. The topological polar surface area (TPSA) is 69.0 Å². The van der Waals surface area contributed by atoms with Crippen LogP contribution in [0.3, 0.4) is 0 Å². The zero-order valence-corrected chi connectivity index (χ0v) is 16.0. The van der Waals surface area contributed by atoms with E-state index in [4.69, 9.17) is 4.74 Å².